The summed E-state index contributed by atoms with van der Waals surface area (Å²) >= 11 is 12.2. The number of hydrogen-bond acceptors (Lipinski definition) is 5. The van der Waals surface area contributed by atoms with E-state index in [0.717, 1.165) is 18.5 Å². The molecule has 0 aliphatic carbocycles. The number of ether oxygens (including phenoxy) is 1. The number of rotatable bonds is 8. The van der Waals surface area contributed by atoms with Crippen LogP contribution in [0.1, 0.15) is 40.1 Å². The van der Waals surface area contributed by atoms with Gasteiger partial charge in [0.2, 0.25) is 0 Å². The number of benzene rings is 2. The minimum atomic E-state index is -0.301. The third-order valence-corrected chi connectivity index (χ3v) is 7.03. The van der Waals surface area contributed by atoms with Crippen molar-refractivity contribution in [1.82, 2.24) is 14.8 Å². The highest BCUT2D eigenvalue weighted by Crippen LogP contribution is 2.34. The van der Waals surface area contributed by atoms with Crippen molar-refractivity contribution < 1.29 is 14.3 Å². The summed E-state index contributed by atoms with van der Waals surface area (Å²) in [5.74, 6) is -0.0287. The highest BCUT2D eigenvalue weighted by atomic mass is 35.5. The molecule has 0 bridgehead atoms. The van der Waals surface area contributed by atoms with Crippen molar-refractivity contribution in [2.75, 3.05) is 32.0 Å². The number of nitrogens with zero attached hydrogens (tertiary/aromatic N) is 3. The first-order valence-corrected chi connectivity index (χ1v) is 12.9. The summed E-state index contributed by atoms with van der Waals surface area (Å²) in [7, 11) is 2.02. The number of halogens is 2. The number of anilines is 1. The average Bonchev–Trinajstić information content (AvgIpc) is 3.02. The fourth-order valence-electron chi connectivity index (χ4n) is 4.28. The van der Waals surface area contributed by atoms with Crippen LogP contribution in [0.4, 0.5) is 5.69 Å². The van der Waals surface area contributed by atoms with Gasteiger partial charge in [0, 0.05) is 37.1 Å². The zero-order valence-electron chi connectivity index (χ0n) is 21.1. The Morgan fingerprint density at radius 2 is 1.92 bits per heavy atom. The van der Waals surface area contributed by atoms with Crippen molar-refractivity contribution >= 4 is 40.7 Å². The molecule has 0 fully saturated rings. The smallest absolute Gasteiger partial charge is 0.258 e. The largest absolute Gasteiger partial charge is 0.484 e. The lowest BCUT2D eigenvalue weighted by Gasteiger charge is -2.30. The molecular weight excluding hydrogens is 511 g/mol. The van der Waals surface area contributed by atoms with Gasteiger partial charge >= 0.3 is 0 Å². The molecule has 2 aromatic carbocycles. The van der Waals surface area contributed by atoms with E-state index in [2.05, 4.69) is 15.2 Å². The summed E-state index contributed by atoms with van der Waals surface area (Å²) in [6.45, 7) is 5.76. The number of carbonyl (C=O) groups excluding carboxylic acids is 2. The number of fused-ring (bicyclic) bond motifs is 1. The Morgan fingerprint density at radius 1 is 1.16 bits per heavy atom. The third kappa shape index (κ3) is 6.60. The Hall–Kier alpha value is -3.13. The van der Waals surface area contributed by atoms with Crippen molar-refractivity contribution in [1.29, 1.82) is 0 Å². The van der Waals surface area contributed by atoms with Gasteiger partial charge in [-0.3, -0.25) is 14.6 Å². The number of para-hydroxylation sites is 1. The van der Waals surface area contributed by atoms with Gasteiger partial charge in [-0.1, -0.05) is 35.3 Å². The molecule has 0 unspecified atom stereocenters. The maximum Gasteiger partial charge on any atom is 0.258 e. The number of hydrogen-bond donors (Lipinski definition) is 1. The molecule has 0 saturated heterocycles. The molecule has 1 aliphatic heterocycles. The summed E-state index contributed by atoms with van der Waals surface area (Å²) in [4.78, 5) is 34.3. The van der Waals surface area contributed by atoms with Gasteiger partial charge in [-0.25, -0.2) is 0 Å². The molecule has 1 aliphatic rings. The van der Waals surface area contributed by atoms with Crippen molar-refractivity contribution in [2.24, 2.45) is 0 Å². The molecule has 1 aromatic heterocycles. The second-order valence-corrected chi connectivity index (χ2v) is 10.2. The minimum absolute atomic E-state index is 0.0128. The van der Waals surface area contributed by atoms with Gasteiger partial charge in [-0.05, 0) is 69.3 Å². The van der Waals surface area contributed by atoms with E-state index in [4.69, 9.17) is 27.9 Å². The molecule has 4 rings (SSSR count). The van der Waals surface area contributed by atoms with Gasteiger partial charge in [0.25, 0.3) is 11.8 Å². The first-order valence-electron chi connectivity index (χ1n) is 12.2. The van der Waals surface area contributed by atoms with Crippen molar-refractivity contribution in [3.05, 3.63) is 87.7 Å². The molecule has 7 nitrogen and oxygen atoms in total. The number of aromatic nitrogens is 1. The van der Waals surface area contributed by atoms with Gasteiger partial charge < -0.3 is 19.9 Å². The molecule has 1 atom stereocenters. The number of pyridine rings is 1. The lowest BCUT2D eigenvalue weighted by atomic mass is 10.1. The number of nitrogens with one attached hydrogen (secondary N) is 1. The molecule has 0 spiro atoms. The second kappa shape index (κ2) is 11.9. The first-order chi connectivity index (χ1) is 17.7. The molecule has 1 N–H and O–H groups in total. The first kappa shape index (κ1) is 26.9. The minimum Gasteiger partial charge on any atom is -0.484 e. The molecule has 0 saturated carbocycles. The monoisotopic (exact) mass is 540 g/mol. The van der Waals surface area contributed by atoms with Gasteiger partial charge in [-0.15, -0.1) is 0 Å². The van der Waals surface area contributed by atoms with Crippen LogP contribution in [0.5, 0.6) is 5.75 Å². The Labute approximate surface area is 227 Å². The lowest BCUT2D eigenvalue weighted by Crippen LogP contribution is -2.45. The average molecular weight is 541 g/mol. The summed E-state index contributed by atoms with van der Waals surface area (Å²) in [5.41, 5.74) is 2.45. The van der Waals surface area contributed by atoms with Gasteiger partial charge in [0.1, 0.15) is 6.10 Å². The normalized spacial score (nSPS) is 15.4. The number of likely N-dealkylation sites (N-methyl/N-ethyl adjacent to an activating group) is 1. The SMILES string of the molecule is CC(C)N1C[C@@H](CN(C)CCc2ccc(Cl)c(Cl)c2)Oc2c(NC(=O)c3ccncc3)cccc2C1=O. The Kier molecular flexibility index (Phi) is 8.69. The van der Waals surface area contributed by atoms with Crippen LogP contribution in [0.3, 0.4) is 0 Å². The summed E-state index contributed by atoms with van der Waals surface area (Å²) in [6.07, 6.45) is 3.61. The van der Waals surface area contributed by atoms with E-state index in [9.17, 15) is 9.59 Å². The van der Waals surface area contributed by atoms with Crippen LogP contribution < -0.4 is 10.1 Å². The topological polar surface area (TPSA) is 74.8 Å². The maximum absolute atomic E-state index is 13.5. The van der Waals surface area contributed by atoms with Crippen LogP contribution in [-0.2, 0) is 6.42 Å². The Morgan fingerprint density at radius 3 is 2.62 bits per heavy atom. The van der Waals surface area contributed by atoms with Gasteiger partial charge in [-0.2, -0.15) is 0 Å². The van der Waals surface area contributed by atoms with E-state index in [-0.39, 0.29) is 24.0 Å². The fourth-order valence-corrected chi connectivity index (χ4v) is 4.60. The Bertz CT molecular complexity index is 1270. The molecular formula is C28H30Cl2N4O3. The van der Waals surface area contributed by atoms with E-state index < -0.39 is 0 Å². The molecule has 0 radical (unpaired) electrons. The van der Waals surface area contributed by atoms with Crippen LogP contribution in [-0.4, -0.2) is 65.4 Å². The van der Waals surface area contributed by atoms with Crippen LogP contribution in [0.2, 0.25) is 10.0 Å². The van der Waals surface area contributed by atoms with Crippen molar-refractivity contribution in [3.8, 4) is 5.75 Å². The van der Waals surface area contributed by atoms with Crippen LogP contribution >= 0.6 is 23.2 Å². The highest BCUT2D eigenvalue weighted by molar-refractivity contribution is 6.42. The van der Waals surface area contributed by atoms with E-state index in [1.165, 1.54) is 0 Å². The predicted octanol–water partition coefficient (Wildman–Crippen LogP) is 5.43. The number of amides is 2. The summed E-state index contributed by atoms with van der Waals surface area (Å²) < 4.78 is 6.46. The Balaban J connectivity index is 1.54. The van der Waals surface area contributed by atoms with Crippen LogP contribution in [0.15, 0.2) is 60.9 Å². The predicted molar refractivity (Wildman–Crippen MR) is 147 cm³/mol. The quantitative estimate of drug-likeness (QED) is 0.412. The molecule has 3 aromatic rings. The van der Waals surface area contributed by atoms with E-state index in [1.54, 1.807) is 48.8 Å². The van der Waals surface area contributed by atoms with Crippen molar-refractivity contribution in [3.63, 3.8) is 0 Å². The lowest BCUT2D eigenvalue weighted by molar-refractivity contribution is 0.0609. The standard InChI is InChI=1S/C28H30Cl2N4O3/c1-18(2)34-17-21(16-33(3)14-11-19-7-8-23(29)24(30)15-19)37-26-22(28(34)36)5-4-6-25(26)32-27(35)20-9-12-31-13-10-20/h4-10,12-13,15,18,21H,11,14,16-17H2,1-3H3,(H,32,35)/t21-/m1/s1. The fraction of sp³-hybridized carbons (Fsp3) is 0.321. The third-order valence-electron chi connectivity index (χ3n) is 6.29. The van der Waals surface area contributed by atoms with Crippen LogP contribution in [0.25, 0.3) is 0 Å². The molecule has 2 heterocycles. The zero-order chi connectivity index (χ0) is 26.5. The highest BCUT2D eigenvalue weighted by Gasteiger charge is 2.32. The van der Waals surface area contributed by atoms with Gasteiger partial charge in [0.05, 0.1) is 27.8 Å². The second-order valence-electron chi connectivity index (χ2n) is 9.42. The van der Waals surface area contributed by atoms with Crippen LogP contribution in [0, 0.1) is 0 Å². The zero-order valence-corrected chi connectivity index (χ0v) is 22.6. The molecule has 194 valence electrons. The number of carbonyl (C=O) groups is 2. The summed E-state index contributed by atoms with van der Waals surface area (Å²) in [5, 5.41) is 3.99. The molecule has 37 heavy (non-hydrogen) atoms. The molecule has 2 amide bonds. The van der Waals surface area contributed by atoms with Crippen molar-refractivity contribution in [2.45, 2.75) is 32.4 Å². The van der Waals surface area contributed by atoms with E-state index in [0.29, 0.717) is 45.7 Å². The molecule has 9 heteroatoms. The van der Waals surface area contributed by atoms with Gasteiger partial charge in [0.15, 0.2) is 5.75 Å². The summed E-state index contributed by atoms with van der Waals surface area (Å²) in [6, 6.07) is 14.2. The maximum atomic E-state index is 13.5. The van der Waals surface area contributed by atoms with E-state index in [1.807, 2.05) is 37.9 Å². The van der Waals surface area contributed by atoms with E-state index >= 15 is 0 Å².